The highest BCUT2D eigenvalue weighted by Gasteiger charge is 2.26. The van der Waals surface area contributed by atoms with Gasteiger partial charge in [-0.15, -0.1) is 4.40 Å². The average Bonchev–Trinajstić information content (AvgIpc) is 2.81. The predicted molar refractivity (Wildman–Crippen MR) is 67.9 cm³/mol. The van der Waals surface area contributed by atoms with Gasteiger partial charge in [0.1, 0.15) is 4.90 Å². The molecular formula is C11H14N4O2S. The maximum Gasteiger partial charge on any atom is 0.289 e. The minimum absolute atomic E-state index is 0.127. The van der Waals surface area contributed by atoms with Gasteiger partial charge < -0.3 is 10.6 Å². The molecule has 0 unspecified atom stereocenters. The standard InChI is InChI=1S/C11H14N4O2S/c16-18(17)10-7-12-6-5-9(10)14-11(15-18)13-8-3-1-2-4-8/h5-8H,1-4H2,(H2,13,14,15). The highest BCUT2D eigenvalue weighted by molar-refractivity contribution is 7.90. The van der Waals surface area contributed by atoms with E-state index < -0.39 is 10.0 Å². The van der Waals surface area contributed by atoms with Crippen molar-refractivity contribution in [1.82, 2.24) is 10.3 Å². The Morgan fingerprint density at radius 1 is 1.33 bits per heavy atom. The van der Waals surface area contributed by atoms with E-state index in [9.17, 15) is 8.42 Å². The molecule has 18 heavy (non-hydrogen) atoms. The van der Waals surface area contributed by atoms with Crippen LogP contribution in [-0.4, -0.2) is 25.4 Å². The molecular weight excluding hydrogens is 252 g/mol. The van der Waals surface area contributed by atoms with Gasteiger partial charge in [-0.25, -0.2) is 0 Å². The Kier molecular flexibility index (Phi) is 2.70. The Bertz CT molecular complexity index is 591. The maximum atomic E-state index is 11.9. The molecule has 1 fully saturated rings. The van der Waals surface area contributed by atoms with E-state index in [1.165, 1.54) is 19.0 Å². The summed E-state index contributed by atoms with van der Waals surface area (Å²) in [5.74, 6) is 0.320. The Morgan fingerprint density at radius 2 is 2.11 bits per heavy atom. The molecule has 0 spiro atoms. The van der Waals surface area contributed by atoms with Crippen LogP contribution in [0.4, 0.5) is 5.69 Å². The molecule has 1 aromatic rings. The van der Waals surface area contributed by atoms with Crippen molar-refractivity contribution in [2.24, 2.45) is 4.40 Å². The Morgan fingerprint density at radius 3 is 2.89 bits per heavy atom. The second-order valence-corrected chi connectivity index (χ2v) is 6.11. The van der Waals surface area contributed by atoms with Crippen LogP contribution >= 0.6 is 0 Å². The van der Waals surface area contributed by atoms with E-state index in [1.807, 2.05) is 0 Å². The van der Waals surface area contributed by atoms with Crippen LogP contribution in [0.15, 0.2) is 27.8 Å². The van der Waals surface area contributed by atoms with Crippen molar-refractivity contribution in [3.63, 3.8) is 0 Å². The SMILES string of the molecule is O=S1(=O)N=C(NC2CCCC2)Nc2ccncc21. The highest BCUT2D eigenvalue weighted by Crippen LogP contribution is 2.26. The average molecular weight is 266 g/mol. The smallest absolute Gasteiger partial charge is 0.289 e. The lowest BCUT2D eigenvalue weighted by atomic mass is 10.2. The van der Waals surface area contributed by atoms with Crippen LogP contribution in [0.2, 0.25) is 0 Å². The number of fused-ring (bicyclic) bond motifs is 1. The van der Waals surface area contributed by atoms with Gasteiger partial charge >= 0.3 is 0 Å². The third kappa shape index (κ3) is 2.05. The second kappa shape index (κ2) is 4.24. The van der Waals surface area contributed by atoms with Crippen LogP contribution in [0.5, 0.6) is 0 Å². The highest BCUT2D eigenvalue weighted by atomic mass is 32.2. The molecule has 7 heteroatoms. The van der Waals surface area contributed by atoms with Crippen molar-refractivity contribution in [2.45, 2.75) is 36.6 Å². The summed E-state index contributed by atoms with van der Waals surface area (Å²) in [5, 5.41) is 6.15. The third-order valence-corrected chi connectivity index (χ3v) is 4.53. The third-order valence-electron chi connectivity index (χ3n) is 3.22. The second-order valence-electron chi connectivity index (χ2n) is 4.54. The number of sulfonamides is 1. The van der Waals surface area contributed by atoms with Gasteiger partial charge in [0.15, 0.2) is 0 Å². The van der Waals surface area contributed by atoms with Crippen LogP contribution in [0.1, 0.15) is 25.7 Å². The summed E-state index contributed by atoms with van der Waals surface area (Å²) in [5.41, 5.74) is 0.528. The lowest BCUT2D eigenvalue weighted by molar-refractivity contribution is 0.594. The molecule has 0 saturated heterocycles. The lowest BCUT2D eigenvalue weighted by Crippen LogP contribution is -2.40. The van der Waals surface area contributed by atoms with E-state index in [0.29, 0.717) is 17.7 Å². The zero-order chi connectivity index (χ0) is 12.6. The monoisotopic (exact) mass is 266 g/mol. The first-order valence-electron chi connectivity index (χ1n) is 5.98. The van der Waals surface area contributed by atoms with Crippen LogP contribution in [-0.2, 0) is 10.0 Å². The molecule has 1 aliphatic carbocycles. The van der Waals surface area contributed by atoms with Crippen molar-refractivity contribution in [1.29, 1.82) is 0 Å². The molecule has 2 heterocycles. The van der Waals surface area contributed by atoms with Crippen molar-refractivity contribution >= 4 is 21.7 Å². The molecule has 3 rings (SSSR count). The number of guanidine groups is 1. The van der Waals surface area contributed by atoms with Crippen molar-refractivity contribution in [3.05, 3.63) is 18.5 Å². The van der Waals surface area contributed by atoms with E-state index in [4.69, 9.17) is 0 Å². The van der Waals surface area contributed by atoms with Gasteiger partial charge in [0, 0.05) is 18.4 Å². The van der Waals surface area contributed by atoms with Gasteiger partial charge in [0.05, 0.1) is 5.69 Å². The van der Waals surface area contributed by atoms with Crippen LogP contribution in [0.25, 0.3) is 0 Å². The summed E-state index contributed by atoms with van der Waals surface area (Å²) < 4.78 is 27.6. The quantitative estimate of drug-likeness (QED) is 0.794. The lowest BCUT2D eigenvalue weighted by Gasteiger charge is -2.21. The summed E-state index contributed by atoms with van der Waals surface area (Å²) in [4.78, 5) is 3.94. The van der Waals surface area contributed by atoms with E-state index in [-0.39, 0.29) is 4.90 Å². The van der Waals surface area contributed by atoms with E-state index in [1.54, 1.807) is 12.3 Å². The molecule has 96 valence electrons. The zero-order valence-electron chi connectivity index (χ0n) is 9.76. The molecule has 1 saturated carbocycles. The van der Waals surface area contributed by atoms with Crippen molar-refractivity contribution < 1.29 is 8.42 Å². The molecule has 1 aromatic heterocycles. The summed E-state index contributed by atoms with van der Waals surface area (Å²) in [6.45, 7) is 0. The molecule has 2 N–H and O–H groups in total. The molecule has 0 radical (unpaired) electrons. The van der Waals surface area contributed by atoms with Gasteiger partial charge in [-0.1, -0.05) is 12.8 Å². The Balaban J connectivity index is 1.89. The predicted octanol–water partition coefficient (Wildman–Crippen LogP) is 1.08. The number of hydrogen-bond acceptors (Lipinski definition) is 5. The number of nitrogens with zero attached hydrogens (tertiary/aromatic N) is 2. The summed E-state index contributed by atoms with van der Waals surface area (Å²) in [6, 6.07) is 1.95. The first-order valence-corrected chi connectivity index (χ1v) is 7.42. The topological polar surface area (TPSA) is 83.5 Å². The fourth-order valence-electron chi connectivity index (χ4n) is 2.33. The van der Waals surface area contributed by atoms with Gasteiger partial charge in [-0.05, 0) is 18.9 Å². The molecule has 0 amide bonds. The zero-order valence-corrected chi connectivity index (χ0v) is 10.6. The van der Waals surface area contributed by atoms with E-state index >= 15 is 0 Å². The van der Waals surface area contributed by atoms with Crippen LogP contribution in [0.3, 0.4) is 0 Å². The summed E-state index contributed by atoms with van der Waals surface area (Å²) in [7, 11) is -3.63. The molecule has 6 nitrogen and oxygen atoms in total. The molecule has 2 aliphatic rings. The van der Waals surface area contributed by atoms with Gasteiger partial charge in [-0.3, -0.25) is 4.98 Å². The number of hydrogen-bond donors (Lipinski definition) is 2. The number of pyridine rings is 1. The maximum absolute atomic E-state index is 11.9. The fourth-order valence-corrected chi connectivity index (χ4v) is 3.36. The largest absolute Gasteiger partial charge is 0.352 e. The first-order chi connectivity index (χ1) is 8.65. The number of anilines is 1. The van der Waals surface area contributed by atoms with Crippen molar-refractivity contribution in [2.75, 3.05) is 5.32 Å². The fraction of sp³-hybridized carbons (Fsp3) is 0.455. The Hall–Kier alpha value is -1.63. The van der Waals surface area contributed by atoms with Crippen LogP contribution in [0, 0.1) is 0 Å². The summed E-state index contributed by atoms with van der Waals surface area (Å²) in [6.07, 6.45) is 7.34. The van der Waals surface area contributed by atoms with Crippen molar-refractivity contribution in [3.8, 4) is 0 Å². The number of rotatable bonds is 1. The normalized spacial score (nSPS) is 21.9. The van der Waals surface area contributed by atoms with Gasteiger partial charge in [0.2, 0.25) is 5.96 Å². The summed E-state index contributed by atoms with van der Waals surface area (Å²) >= 11 is 0. The minimum Gasteiger partial charge on any atom is -0.352 e. The minimum atomic E-state index is -3.63. The first kappa shape index (κ1) is 11.5. The Labute approximate surface area is 106 Å². The molecule has 0 bridgehead atoms. The van der Waals surface area contributed by atoms with E-state index in [0.717, 1.165) is 12.8 Å². The molecule has 1 aliphatic heterocycles. The van der Waals surface area contributed by atoms with Crippen LogP contribution < -0.4 is 10.6 Å². The molecule has 0 atom stereocenters. The number of aromatic nitrogens is 1. The number of nitrogens with one attached hydrogen (secondary N) is 2. The van der Waals surface area contributed by atoms with E-state index in [2.05, 4.69) is 20.0 Å². The van der Waals surface area contributed by atoms with Gasteiger partial charge in [-0.2, -0.15) is 8.42 Å². The molecule has 0 aromatic carbocycles. The van der Waals surface area contributed by atoms with Gasteiger partial charge in [0.25, 0.3) is 10.0 Å².